The molecule has 0 spiro atoms. The van der Waals surface area contributed by atoms with Crippen LogP contribution in [0.4, 0.5) is 8.78 Å². The van der Waals surface area contributed by atoms with Crippen LogP contribution in [-0.2, 0) is 0 Å². The molecule has 170 valence electrons. The molecule has 0 heterocycles. The average molecular weight is 437 g/mol. The Morgan fingerprint density at radius 1 is 0.875 bits per heavy atom. The molecule has 0 N–H and O–H groups in total. The van der Waals surface area contributed by atoms with Gasteiger partial charge in [-0.3, -0.25) is 0 Å². The van der Waals surface area contributed by atoms with Gasteiger partial charge >= 0.3 is 0 Å². The van der Waals surface area contributed by atoms with E-state index < -0.39 is 11.6 Å². The van der Waals surface area contributed by atoms with Gasteiger partial charge in [-0.25, -0.2) is 8.78 Å². The molecule has 4 rings (SSSR count). The average Bonchev–Trinajstić information content (AvgIpc) is 2.79. The molecule has 2 aliphatic carbocycles. The van der Waals surface area contributed by atoms with Gasteiger partial charge in [0.2, 0.25) is 0 Å². The van der Waals surface area contributed by atoms with E-state index in [0.717, 1.165) is 24.3 Å². The van der Waals surface area contributed by atoms with Crippen molar-refractivity contribution in [3.8, 4) is 16.9 Å². The van der Waals surface area contributed by atoms with Crippen molar-refractivity contribution < 1.29 is 13.5 Å². The second-order valence-corrected chi connectivity index (χ2v) is 9.39. The van der Waals surface area contributed by atoms with Gasteiger partial charge in [0.25, 0.3) is 0 Å². The Balaban J connectivity index is 1.46. The Morgan fingerprint density at radius 2 is 1.56 bits per heavy atom. The van der Waals surface area contributed by atoms with E-state index in [9.17, 15) is 0 Å². The van der Waals surface area contributed by atoms with E-state index in [4.69, 9.17) is 4.74 Å². The molecule has 0 aromatic heterocycles. The Bertz CT molecular complexity index is 937. The minimum Gasteiger partial charge on any atom is -0.490 e. The molecule has 4 atom stereocenters. The summed E-state index contributed by atoms with van der Waals surface area (Å²) in [5, 5.41) is 0. The number of fused-ring (bicyclic) bond motifs is 1. The third kappa shape index (κ3) is 5.14. The van der Waals surface area contributed by atoms with Crippen molar-refractivity contribution in [1.29, 1.82) is 0 Å². The van der Waals surface area contributed by atoms with Crippen molar-refractivity contribution >= 4 is 0 Å². The molecule has 0 bridgehead atoms. The Labute approximate surface area is 191 Å². The number of rotatable bonds is 6. The highest BCUT2D eigenvalue weighted by Gasteiger charge is 2.35. The molecular formula is C29H34F2O. The van der Waals surface area contributed by atoms with E-state index in [0.29, 0.717) is 29.8 Å². The zero-order valence-corrected chi connectivity index (χ0v) is 19.2. The first-order valence-electron chi connectivity index (χ1n) is 12.0. The van der Waals surface area contributed by atoms with Crippen LogP contribution in [0.5, 0.6) is 5.75 Å². The summed E-state index contributed by atoms with van der Waals surface area (Å²) in [5.74, 6) is 2.18. The number of ether oxygens (including phenoxy) is 1. The Kier molecular flexibility index (Phi) is 7.44. The van der Waals surface area contributed by atoms with Gasteiger partial charge in [0.05, 0.1) is 5.56 Å². The lowest BCUT2D eigenvalue weighted by atomic mass is 9.64. The molecule has 3 heteroatoms. The number of hydrogen-bond donors (Lipinski definition) is 0. The molecule has 0 saturated heterocycles. The third-order valence-electron chi connectivity index (χ3n) is 7.38. The van der Waals surface area contributed by atoms with E-state index in [1.54, 1.807) is 36.4 Å². The van der Waals surface area contributed by atoms with E-state index in [1.807, 2.05) is 19.1 Å². The number of allylic oxidation sites excluding steroid dienone is 3. The Morgan fingerprint density at radius 3 is 2.25 bits per heavy atom. The molecule has 0 amide bonds. The first-order chi connectivity index (χ1) is 15.6. The van der Waals surface area contributed by atoms with Crippen LogP contribution in [0.3, 0.4) is 0 Å². The van der Waals surface area contributed by atoms with Gasteiger partial charge in [0.1, 0.15) is 24.0 Å². The van der Waals surface area contributed by atoms with Gasteiger partial charge in [-0.15, -0.1) is 0 Å². The van der Waals surface area contributed by atoms with Crippen molar-refractivity contribution in [2.75, 3.05) is 6.61 Å². The van der Waals surface area contributed by atoms with Crippen LogP contribution in [0.1, 0.15) is 63.9 Å². The molecule has 0 radical (unpaired) electrons. The maximum absolute atomic E-state index is 15.1. The molecule has 2 aromatic rings. The van der Waals surface area contributed by atoms with Crippen molar-refractivity contribution in [2.24, 2.45) is 17.8 Å². The van der Waals surface area contributed by atoms with E-state index in [2.05, 4.69) is 19.1 Å². The summed E-state index contributed by atoms with van der Waals surface area (Å²) in [7, 11) is 0. The zero-order chi connectivity index (χ0) is 22.5. The lowest BCUT2D eigenvalue weighted by Gasteiger charge is -2.42. The lowest BCUT2D eigenvalue weighted by molar-refractivity contribution is 0.133. The van der Waals surface area contributed by atoms with Crippen LogP contribution in [0.25, 0.3) is 11.1 Å². The molecule has 0 aliphatic heterocycles. The second-order valence-electron chi connectivity index (χ2n) is 9.39. The second kappa shape index (κ2) is 10.5. The minimum absolute atomic E-state index is 0.0503. The predicted octanol–water partition coefficient (Wildman–Crippen LogP) is 8.46. The maximum atomic E-state index is 15.1. The molecule has 2 fully saturated rings. The van der Waals surface area contributed by atoms with Crippen molar-refractivity contribution in [3.63, 3.8) is 0 Å². The topological polar surface area (TPSA) is 9.23 Å². The summed E-state index contributed by atoms with van der Waals surface area (Å²) in [6.45, 7) is 4.51. The molecule has 2 aromatic carbocycles. The fourth-order valence-electron chi connectivity index (χ4n) is 5.74. The highest BCUT2D eigenvalue weighted by Crippen LogP contribution is 2.48. The van der Waals surface area contributed by atoms with Crippen LogP contribution >= 0.6 is 0 Å². The highest BCUT2D eigenvalue weighted by molar-refractivity contribution is 5.66. The molecule has 2 saturated carbocycles. The summed E-state index contributed by atoms with van der Waals surface area (Å²) < 4.78 is 35.7. The van der Waals surface area contributed by atoms with Gasteiger partial charge in [0, 0.05) is 0 Å². The summed E-state index contributed by atoms with van der Waals surface area (Å²) in [4.78, 5) is 0. The van der Waals surface area contributed by atoms with Crippen LogP contribution in [0.2, 0.25) is 0 Å². The summed E-state index contributed by atoms with van der Waals surface area (Å²) in [6.07, 6.45) is 15.4. The smallest absolute Gasteiger partial charge is 0.134 e. The van der Waals surface area contributed by atoms with E-state index in [-0.39, 0.29) is 11.5 Å². The predicted molar refractivity (Wildman–Crippen MR) is 128 cm³/mol. The van der Waals surface area contributed by atoms with Gasteiger partial charge in [-0.2, -0.15) is 0 Å². The van der Waals surface area contributed by atoms with Gasteiger partial charge in [-0.05, 0) is 111 Å². The van der Waals surface area contributed by atoms with E-state index in [1.165, 1.54) is 25.7 Å². The van der Waals surface area contributed by atoms with Gasteiger partial charge in [0.15, 0.2) is 0 Å². The number of hydrogen-bond acceptors (Lipinski definition) is 1. The molecule has 32 heavy (non-hydrogen) atoms. The third-order valence-corrected chi connectivity index (χ3v) is 7.38. The number of halogens is 2. The Hall–Kier alpha value is -2.42. The highest BCUT2D eigenvalue weighted by atomic mass is 19.1. The summed E-state index contributed by atoms with van der Waals surface area (Å²) in [5.41, 5.74) is 1.41. The van der Waals surface area contributed by atoms with Crippen molar-refractivity contribution in [1.82, 2.24) is 0 Å². The first-order valence-corrected chi connectivity index (χ1v) is 12.0. The van der Waals surface area contributed by atoms with Gasteiger partial charge in [-0.1, -0.05) is 36.4 Å². The lowest BCUT2D eigenvalue weighted by Crippen LogP contribution is -2.30. The van der Waals surface area contributed by atoms with Gasteiger partial charge < -0.3 is 4.74 Å². The van der Waals surface area contributed by atoms with Crippen LogP contribution in [0, 0.1) is 29.4 Å². The van der Waals surface area contributed by atoms with Crippen LogP contribution in [0.15, 0.2) is 60.7 Å². The summed E-state index contributed by atoms with van der Waals surface area (Å²) >= 11 is 0. The maximum Gasteiger partial charge on any atom is 0.134 e. The monoisotopic (exact) mass is 436 g/mol. The zero-order valence-electron chi connectivity index (χ0n) is 19.2. The SMILES string of the molecule is C/C=C/COc1ccc(-c2c(F)cc(C3CCC4CC(/C=C/C)CCC4C3)cc2F)cc1. The van der Waals surface area contributed by atoms with Crippen LogP contribution < -0.4 is 4.74 Å². The minimum atomic E-state index is -0.471. The fourth-order valence-corrected chi connectivity index (χ4v) is 5.74. The normalized spacial score (nSPS) is 25.9. The summed E-state index contributed by atoms with van der Waals surface area (Å²) in [6, 6.07) is 10.1. The molecular weight excluding hydrogens is 402 g/mol. The van der Waals surface area contributed by atoms with Crippen molar-refractivity contribution in [3.05, 3.63) is 77.9 Å². The standard InChI is InChI=1S/C29H34F2O/c1-3-5-15-32-26-13-11-21(12-14-26)29-27(30)18-25(19-28(29)31)24-10-9-22-16-20(6-4-2)7-8-23(22)17-24/h3-6,11-14,18-20,22-24H,7-10,15-17H2,1-2H3/b5-3+,6-4+. The first kappa shape index (κ1) is 22.8. The number of benzene rings is 2. The van der Waals surface area contributed by atoms with Crippen molar-refractivity contribution in [2.45, 2.75) is 58.3 Å². The fraction of sp³-hybridized carbons (Fsp3) is 0.448. The molecule has 4 unspecified atom stereocenters. The quantitative estimate of drug-likeness (QED) is 0.413. The molecule has 1 nitrogen and oxygen atoms in total. The molecule has 2 aliphatic rings. The van der Waals surface area contributed by atoms with E-state index >= 15 is 8.78 Å². The van der Waals surface area contributed by atoms with Crippen LogP contribution in [-0.4, -0.2) is 6.61 Å². The largest absolute Gasteiger partial charge is 0.490 e.